The van der Waals surface area contributed by atoms with Crippen LogP contribution in [0.4, 0.5) is 15.8 Å². The number of carbonyl (C=O) groups is 1. The summed E-state index contributed by atoms with van der Waals surface area (Å²) >= 11 is 5.81. The van der Waals surface area contributed by atoms with Crippen LogP contribution >= 0.6 is 11.6 Å². The summed E-state index contributed by atoms with van der Waals surface area (Å²) in [6.07, 6.45) is 0. The molecule has 98 valence electrons. The highest BCUT2D eigenvalue weighted by Crippen LogP contribution is 2.20. The number of carbonyl (C=O) groups excluding carboxylic acids is 1. The van der Waals surface area contributed by atoms with Crippen molar-refractivity contribution < 1.29 is 9.18 Å². The Bertz CT molecular complexity index is 620. The van der Waals surface area contributed by atoms with Crippen molar-refractivity contribution in [3.8, 4) is 0 Å². The number of benzene rings is 2. The van der Waals surface area contributed by atoms with E-state index >= 15 is 0 Å². The van der Waals surface area contributed by atoms with Crippen molar-refractivity contribution in [3.05, 3.63) is 58.4 Å². The van der Waals surface area contributed by atoms with E-state index in [-0.39, 0.29) is 11.3 Å². The third-order valence-electron chi connectivity index (χ3n) is 2.73. The van der Waals surface area contributed by atoms with Crippen LogP contribution in [0.3, 0.4) is 0 Å². The van der Waals surface area contributed by atoms with E-state index in [9.17, 15) is 9.18 Å². The van der Waals surface area contributed by atoms with Crippen LogP contribution < -0.4 is 11.1 Å². The smallest absolute Gasteiger partial charge is 0.255 e. The fourth-order valence-corrected chi connectivity index (χ4v) is 1.79. The fraction of sp³-hybridized carbons (Fsp3) is 0.0714. The van der Waals surface area contributed by atoms with E-state index < -0.39 is 11.7 Å². The van der Waals surface area contributed by atoms with Gasteiger partial charge in [-0.05, 0) is 37.3 Å². The Balaban J connectivity index is 2.25. The van der Waals surface area contributed by atoms with Crippen molar-refractivity contribution in [1.82, 2.24) is 0 Å². The van der Waals surface area contributed by atoms with E-state index in [1.54, 1.807) is 31.2 Å². The number of hydrogen-bond acceptors (Lipinski definition) is 2. The molecule has 0 aliphatic carbocycles. The molecular formula is C14H12ClFN2O. The van der Waals surface area contributed by atoms with Gasteiger partial charge in [0.15, 0.2) is 0 Å². The molecule has 3 N–H and O–H groups in total. The van der Waals surface area contributed by atoms with Gasteiger partial charge in [-0.15, -0.1) is 0 Å². The second kappa shape index (κ2) is 5.28. The first-order valence-electron chi connectivity index (χ1n) is 5.60. The van der Waals surface area contributed by atoms with Crippen molar-refractivity contribution in [3.63, 3.8) is 0 Å². The number of hydrogen-bond donors (Lipinski definition) is 2. The molecule has 0 heterocycles. The summed E-state index contributed by atoms with van der Waals surface area (Å²) in [5.41, 5.74) is 6.92. The van der Waals surface area contributed by atoms with E-state index in [4.69, 9.17) is 17.3 Å². The van der Waals surface area contributed by atoms with Gasteiger partial charge in [0.05, 0.1) is 0 Å². The molecule has 2 rings (SSSR count). The Labute approximate surface area is 115 Å². The summed E-state index contributed by atoms with van der Waals surface area (Å²) in [5.74, 6) is -0.941. The summed E-state index contributed by atoms with van der Waals surface area (Å²) in [6, 6.07) is 9.30. The van der Waals surface area contributed by atoms with Gasteiger partial charge in [0.2, 0.25) is 0 Å². The summed E-state index contributed by atoms with van der Waals surface area (Å²) in [5, 5.41) is 3.13. The highest BCUT2D eigenvalue weighted by Gasteiger charge is 2.11. The third kappa shape index (κ3) is 3.03. The molecule has 0 aliphatic heterocycles. The Morgan fingerprint density at radius 3 is 2.68 bits per heavy atom. The number of nitrogens with one attached hydrogen (secondary N) is 1. The molecule has 1 amide bonds. The average Bonchev–Trinajstić information content (AvgIpc) is 2.35. The van der Waals surface area contributed by atoms with E-state index in [1.165, 1.54) is 6.07 Å². The standard InChI is InChI=1S/C14H12ClFN2O/c1-8-12(16)5-9(6-13(8)17)14(19)18-11-4-2-3-10(15)7-11/h2-7H,17H2,1H3,(H,18,19). The number of rotatable bonds is 2. The zero-order chi connectivity index (χ0) is 14.0. The second-order valence-electron chi connectivity index (χ2n) is 4.14. The van der Waals surface area contributed by atoms with Crippen molar-refractivity contribution in [2.24, 2.45) is 0 Å². The Kier molecular flexibility index (Phi) is 3.71. The lowest BCUT2D eigenvalue weighted by Gasteiger charge is -2.08. The molecule has 0 unspecified atom stereocenters. The van der Waals surface area contributed by atoms with Gasteiger partial charge in [0, 0.05) is 27.5 Å². The van der Waals surface area contributed by atoms with Gasteiger partial charge in [0.25, 0.3) is 5.91 Å². The van der Waals surface area contributed by atoms with Gasteiger partial charge >= 0.3 is 0 Å². The number of amides is 1. The van der Waals surface area contributed by atoms with E-state index in [2.05, 4.69) is 5.32 Å². The largest absolute Gasteiger partial charge is 0.398 e. The molecule has 2 aromatic rings. The minimum absolute atomic E-state index is 0.167. The van der Waals surface area contributed by atoms with Crippen molar-refractivity contribution >= 4 is 28.9 Å². The number of nitrogen functional groups attached to an aromatic ring is 1. The van der Waals surface area contributed by atoms with Crippen LogP contribution in [-0.4, -0.2) is 5.91 Å². The Morgan fingerprint density at radius 1 is 1.32 bits per heavy atom. The van der Waals surface area contributed by atoms with Crippen molar-refractivity contribution in [2.45, 2.75) is 6.92 Å². The lowest BCUT2D eigenvalue weighted by atomic mass is 10.1. The van der Waals surface area contributed by atoms with Gasteiger partial charge < -0.3 is 11.1 Å². The van der Waals surface area contributed by atoms with Crippen molar-refractivity contribution in [1.29, 1.82) is 0 Å². The van der Waals surface area contributed by atoms with Crippen molar-refractivity contribution in [2.75, 3.05) is 11.1 Å². The Hall–Kier alpha value is -2.07. The molecular weight excluding hydrogens is 267 g/mol. The SMILES string of the molecule is Cc1c(N)cc(C(=O)Nc2cccc(Cl)c2)cc1F. The molecule has 0 atom stereocenters. The lowest BCUT2D eigenvalue weighted by molar-refractivity contribution is 0.102. The van der Waals surface area contributed by atoms with Gasteiger partial charge in [0.1, 0.15) is 5.82 Å². The summed E-state index contributed by atoms with van der Waals surface area (Å²) in [4.78, 5) is 12.0. The van der Waals surface area contributed by atoms with Crippen LogP contribution in [0, 0.1) is 12.7 Å². The molecule has 0 aliphatic rings. The number of nitrogens with two attached hydrogens (primary N) is 1. The first-order chi connectivity index (χ1) is 8.97. The predicted octanol–water partition coefficient (Wildman–Crippen LogP) is 3.62. The predicted molar refractivity (Wildman–Crippen MR) is 75.0 cm³/mol. The van der Waals surface area contributed by atoms with Crippen LogP contribution in [0.25, 0.3) is 0 Å². The monoisotopic (exact) mass is 278 g/mol. The molecule has 5 heteroatoms. The van der Waals surface area contributed by atoms with Gasteiger partial charge in [-0.2, -0.15) is 0 Å². The topological polar surface area (TPSA) is 55.1 Å². The lowest BCUT2D eigenvalue weighted by Crippen LogP contribution is -2.13. The summed E-state index contributed by atoms with van der Waals surface area (Å²) in [7, 11) is 0. The third-order valence-corrected chi connectivity index (χ3v) is 2.96. The van der Waals surface area contributed by atoms with Crippen LogP contribution in [0.2, 0.25) is 5.02 Å². The van der Waals surface area contributed by atoms with Gasteiger partial charge in [-0.3, -0.25) is 4.79 Å². The van der Waals surface area contributed by atoms with Crippen LogP contribution in [-0.2, 0) is 0 Å². The van der Waals surface area contributed by atoms with Crippen LogP contribution in [0.1, 0.15) is 15.9 Å². The first-order valence-corrected chi connectivity index (χ1v) is 5.97. The maximum absolute atomic E-state index is 13.5. The molecule has 0 bridgehead atoms. The maximum atomic E-state index is 13.5. The molecule has 0 aromatic heterocycles. The second-order valence-corrected chi connectivity index (χ2v) is 4.57. The minimum Gasteiger partial charge on any atom is -0.398 e. The molecule has 19 heavy (non-hydrogen) atoms. The molecule has 0 fully saturated rings. The number of anilines is 2. The highest BCUT2D eigenvalue weighted by molar-refractivity contribution is 6.30. The quantitative estimate of drug-likeness (QED) is 0.824. The molecule has 0 saturated heterocycles. The molecule has 0 spiro atoms. The van der Waals surface area contributed by atoms with Gasteiger partial charge in [-0.1, -0.05) is 17.7 Å². The van der Waals surface area contributed by atoms with Gasteiger partial charge in [-0.25, -0.2) is 4.39 Å². The normalized spacial score (nSPS) is 10.3. The van der Waals surface area contributed by atoms with Crippen LogP contribution in [0.5, 0.6) is 0 Å². The number of halogens is 2. The maximum Gasteiger partial charge on any atom is 0.255 e. The van der Waals surface area contributed by atoms with Crippen LogP contribution in [0.15, 0.2) is 36.4 Å². The van der Waals surface area contributed by atoms with E-state index in [0.29, 0.717) is 16.3 Å². The minimum atomic E-state index is -0.503. The molecule has 0 saturated carbocycles. The summed E-state index contributed by atoms with van der Waals surface area (Å²) in [6.45, 7) is 1.56. The fourth-order valence-electron chi connectivity index (χ4n) is 1.60. The van der Waals surface area contributed by atoms with E-state index in [1.807, 2.05) is 0 Å². The zero-order valence-corrected chi connectivity index (χ0v) is 11.0. The highest BCUT2D eigenvalue weighted by atomic mass is 35.5. The molecule has 0 radical (unpaired) electrons. The Morgan fingerprint density at radius 2 is 2.05 bits per heavy atom. The summed E-state index contributed by atoms with van der Waals surface area (Å²) < 4.78 is 13.5. The molecule has 3 nitrogen and oxygen atoms in total. The van der Waals surface area contributed by atoms with E-state index in [0.717, 1.165) is 6.07 Å². The average molecular weight is 279 g/mol. The molecule has 2 aromatic carbocycles. The zero-order valence-electron chi connectivity index (χ0n) is 10.2. The first kappa shape index (κ1) is 13.4.